The maximum atomic E-state index is 13.5. The molecule has 2 rings (SSSR count). The van der Waals surface area contributed by atoms with Crippen molar-refractivity contribution in [3.05, 3.63) is 35.6 Å². The van der Waals surface area contributed by atoms with Crippen LogP contribution in [-0.4, -0.2) is 18.5 Å². The van der Waals surface area contributed by atoms with Gasteiger partial charge in [0, 0.05) is 10.9 Å². The van der Waals surface area contributed by atoms with E-state index in [1.165, 1.54) is 31.4 Å². The van der Waals surface area contributed by atoms with Crippen LogP contribution in [0.15, 0.2) is 24.3 Å². The number of phenolic OH excluding ortho intramolecular Hbond substituents is 1. The first-order valence-corrected chi connectivity index (χ1v) is 4.61. The fourth-order valence-electron chi connectivity index (χ4n) is 1.66. The third-order valence-corrected chi connectivity index (χ3v) is 2.38. The minimum absolute atomic E-state index is 0.0601. The van der Waals surface area contributed by atoms with Crippen LogP contribution in [0.3, 0.4) is 0 Å². The van der Waals surface area contributed by atoms with Crippen molar-refractivity contribution in [2.24, 2.45) is 0 Å². The number of carbonyl (C=O) groups is 1. The van der Waals surface area contributed by atoms with Gasteiger partial charge in [-0.2, -0.15) is 0 Å². The predicted octanol–water partition coefficient (Wildman–Crippen LogP) is 2.51. The van der Waals surface area contributed by atoms with Gasteiger partial charge in [-0.1, -0.05) is 0 Å². The molecule has 0 fully saturated rings. The van der Waals surface area contributed by atoms with Gasteiger partial charge in [0.1, 0.15) is 23.6 Å². The smallest absolute Gasteiger partial charge is 0.150 e. The van der Waals surface area contributed by atoms with E-state index in [4.69, 9.17) is 4.74 Å². The molecule has 16 heavy (non-hydrogen) atoms. The molecular formula is C12H9FO3. The second-order valence-electron chi connectivity index (χ2n) is 3.33. The van der Waals surface area contributed by atoms with E-state index in [2.05, 4.69) is 0 Å². The fraction of sp³-hybridized carbons (Fsp3) is 0.0833. The number of benzene rings is 2. The molecule has 0 spiro atoms. The van der Waals surface area contributed by atoms with Crippen LogP contribution in [0.2, 0.25) is 0 Å². The third-order valence-electron chi connectivity index (χ3n) is 2.38. The molecule has 0 aliphatic carbocycles. The lowest BCUT2D eigenvalue weighted by molar-refractivity contribution is 0.112. The summed E-state index contributed by atoms with van der Waals surface area (Å²) in [7, 11) is 1.44. The quantitative estimate of drug-likeness (QED) is 0.791. The van der Waals surface area contributed by atoms with Gasteiger partial charge >= 0.3 is 0 Å². The first-order valence-electron chi connectivity index (χ1n) is 4.61. The van der Waals surface area contributed by atoms with Gasteiger partial charge in [-0.05, 0) is 24.3 Å². The number of hydrogen-bond acceptors (Lipinski definition) is 3. The fourth-order valence-corrected chi connectivity index (χ4v) is 1.66. The number of hydrogen-bond donors (Lipinski definition) is 1. The van der Waals surface area contributed by atoms with Crippen LogP contribution in [0, 0.1) is 5.82 Å². The molecule has 0 heterocycles. The van der Waals surface area contributed by atoms with Crippen LogP contribution >= 0.6 is 0 Å². The van der Waals surface area contributed by atoms with E-state index in [-0.39, 0.29) is 16.7 Å². The molecule has 0 aliphatic rings. The predicted molar refractivity (Wildman–Crippen MR) is 57.5 cm³/mol. The number of aromatic hydroxyl groups is 1. The number of halogens is 1. The molecule has 4 heteroatoms. The number of aldehydes is 1. The summed E-state index contributed by atoms with van der Waals surface area (Å²) < 4.78 is 18.5. The van der Waals surface area contributed by atoms with E-state index < -0.39 is 5.82 Å². The lowest BCUT2D eigenvalue weighted by Gasteiger charge is -2.08. The maximum Gasteiger partial charge on any atom is 0.150 e. The minimum atomic E-state index is -0.550. The van der Waals surface area contributed by atoms with Crippen LogP contribution in [0.4, 0.5) is 4.39 Å². The standard InChI is InChI=1S/C12H9FO3/c1-16-11-3-2-9(13)12-8(11)4-7(6-14)5-10(12)15/h2-6,15H,1H3. The normalized spacial score (nSPS) is 10.4. The Hall–Kier alpha value is -2.10. The molecule has 0 aromatic heterocycles. The molecule has 0 saturated heterocycles. The molecule has 1 N–H and O–H groups in total. The first kappa shape index (κ1) is 10.4. The van der Waals surface area contributed by atoms with Crippen LogP contribution in [0.25, 0.3) is 10.8 Å². The summed E-state index contributed by atoms with van der Waals surface area (Å²) in [5.74, 6) is -0.405. The van der Waals surface area contributed by atoms with Crippen molar-refractivity contribution in [2.75, 3.05) is 7.11 Å². The highest BCUT2D eigenvalue weighted by atomic mass is 19.1. The number of carbonyl (C=O) groups excluding carboxylic acids is 1. The molecule has 0 unspecified atom stereocenters. The van der Waals surface area contributed by atoms with Gasteiger partial charge in [0.15, 0.2) is 0 Å². The van der Waals surface area contributed by atoms with E-state index >= 15 is 0 Å². The Balaban J connectivity index is 2.92. The Labute approximate surface area is 91.1 Å². The molecule has 2 aromatic carbocycles. The Morgan fingerprint density at radius 1 is 1.38 bits per heavy atom. The second-order valence-corrected chi connectivity index (χ2v) is 3.33. The molecule has 82 valence electrons. The average molecular weight is 220 g/mol. The van der Waals surface area contributed by atoms with Crippen LogP contribution in [-0.2, 0) is 0 Å². The highest BCUT2D eigenvalue weighted by Gasteiger charge is 2.11. The summed E-state index contributed by atoms with van der Waals surface area (Å²) in [5, 5.41) is 10.1. The number of methoxy groups -OCH3 is 1. The zero-order valence-electron chi connectivity index (χ0n) is 8.53. The van der Waals surface area contributed by atoms with Crippen molar-refractivity contribution in [1.29, 1.82) is 0 Å². The molecular weight excluding hydrogens is 211 g/mol. The molecule has 0 bridgehead atoms. The Morgan fingerprint density at radius 3 is 2.75 bits per heavy atom. The Kier molecular flexibility index (Phi) is 2.48. The van der Waals surface area contributed by atoms with E-state index in [1.807, 2.05) is 0 Å². The summed E-state index contributed by atoms with van der Waals surface area (Å²) in [6, 6.07) is 5.36. The molecule has 3 nitrogen and oxygen atoms in total. The van der Waals surface area contributed by atoms with Gasteiger partial charge in [0.2, 0.25) is 0 Å². The van der Waals surface area contributed by atoms with Crippen molar-refractivity contribution in [3.63, 3.8) is 0 Å². The van der Waals surface area contributed by atoms with Crippen molar-refractivity contribution >= 4 is 17.1 Å². The Morgan fingerprint density at radius 2 is 2.12 bits per heavy atom. The summed E-state index contributed by atoms with van der Waals surface area (Å²) in [6.07, 6.45) is 0.587. The summed E-state index contributed by atoms with van der Waals surface area (Å²) in [6.45, 7) is 0. The van der Waals surface area contributed by atoms with Gasteiger partial charge in [-0.15, -0.1) is 0 Å². The molecule has 0 aliphatic heterocycles. The molecule has 0 radical (unpaired) electrons. The minimum Gasteiger partial charge on any atom is -0.507 e. The second kappa shape index (κ2) is 3.81. The SMILES string of the molecule is COc1ccc(F)c2c(O)cc(C=O)cc12. The zero-order valence-corrected chi connectivity index (χ0v) is 8.53. The highest BCUT2D eigenvalue weighted by molar-refractivity contribution is 5.97. The largest absolute Gasteiger partial charge is 0.507 e. The molecule has 0 atom stereocenters. The van der Waals surface area contributed by atoms with E-state index in [1.54, 1.807) is 0 Å². The van der Waals surface area contributed by atoms with Crippen LogP contribution < -0.4 is 4.74 Å². The highest BCUT2D eigenvalue weighted by Crippen LogP contribution is 2.34. The molecule has 0 amide bonds. The van der Waals surface area contributed by atoms with E-state index in [0.29, 0.717) is 17.4 Å². The van der Waals surface area contributed by atoms with Crippen molar-refractivity contribution in [1.82, 2.24) is 0 Å². The lowest BCUT2D eigenvalue weighted by atomic mass is 10.0. The monoisotopic (exact) mass is 220 g/mol. The van der Waals surface area contributed by atoms with Gasteiger partial charge < -0.3 is 9.84 Å². The summed E-state index contributed by atoms with van der Waals surface area (Å²) in [5.41, 5.74) is 0.272. The number of rotatable bonds is 2. The number of ether oxygens (including phenoxy) is 1. The first-order chi connectivity index (χ1) is 7.67. The van der Waals surface area contributed by atoms with Crippen LogP contribution in [0.1, 0.15) is 10.4 Å². The van der Waals surface area contributed by atoms with Gasteiger partial charge in [0.25, 0.3) is 0 Å². The van der Waals surface area contributed by atoms with Crippen molar-refractivity contribution < 1.29 is 19.0 Å². The average Bonchev–Trinajstić information content (AvgIpc) is 2.28. The number of fused-ring (bicyclic) bond motifs is 1. The Bertz CT molecular complexity index is 564. The number of phenols is 1. The molecule has 2 aromatic rings. The van der Waals surface area contributed by atoms with Crippen molar-refractivity contribution in [3.8, 4) is 11.5 Å². The summed E-state index contributed by atoms with van der Waals surface area (Å²) >= 11 is 0. The van der Waals surface area contributed by atoms with Gasteiger partial charge in [-0.25, -0.2) is 4.39 Å². The van der Waals surface area contributed by atoms with Crippen LogP contribution in [0.5, 0.6) is 11.5 Å². The van der Waals surface area contributed by atoms with Crippen molar-refractivity contribution in [2.45, 2.75) is 0 Å². The van der Waals surface area contributed by atoms with E-state index in [9.17, 15) is 14.3 Å². The van der Waals surface area contributed by atoms with Gasteiger partial charge in [0.05, 0.1) is 12.5 Å². The zero-order chi connectivity index (χ0) is 11.7. The molecule has 0 saturated carbocycles. The maximum absolute atomic E-state index is 13.5. The van der Waals surface area contributed by atoms with Gasteiger partial charge in [-0.3, -0.25) is 4.79 Å². The van der Waals surface area contributed by atoms with E-state index in [0.717, 1.165) is 0 Å². The lowest BCUT2D eigenvalue weighted by Crippen LogP contribution is -1.90. The topological polar surface area (TPSA) is 46.5 Å². The summed E-state index contributed by atoms with van der Waals surface area (Å²) in [4.78, 5) is 10.6. The third kappa shape index (κ3) is 1.48.